The largest absolute Gasteiger partial charge is 0.368 e. The Morgan fingerprint density at radius 1 is 0.636 bits per heavy atom. The standard InChI is InChI=1S/C21H17N/c1-4-10-18(11-5-1)16-17-21(19-12-6-2-7-13-19)22-20-14-8-3-9-15-20/h1-15,21-22H/t21-/m1/s1. The van der Waals surface area contributed by atoms with Crippen molar-refractivity contribution in [2.24, 2.45) is 0 Å². The summed E-state index contributed by atoms with van der Waals surface area (Å²) in [6.45, 7) is 0. The van der Waals surface area contributed by atoms with Gasteiger partial charge >= 0.3 is 0 Å². The van der Waals surface area contributed by atoms with E-state index in [2.05, 4.69) is 41.4 Å². The van der Waals surface area contributed by atoms with Crippen molar-refractivity contribution >= 4 is 5.69 Å². The molecule has 1 nitrogen and oxygen atoms in total. The third-order valence-corrected chi connectivity index (χ3v) is 3.35. The van der Waals surface area contributed by atoms with E-state index in [0.717, 1.165) is 16.8 Å². The quantitative estimate of drug-likeness (QED) is 0.675. The predicted molar refractivity (Wildman–Crippen MR) is 92.6 cm³/mol. The second-order valence-corrected chi connectivity index (χ2v) is 4.99. The topological polar surface area (TPSA) is 12.0 Å². The van der Waals surface area contributed by atoms with Crippen molar-refractivity contribution in [3.05, 3.63) is 102 Å². The fraction of sp³-hybridized carbons (Fsp3) is 0.0476. The van der Waals surface area contributed by atoms with Crippen LogP contribution in [0.3, 0.4) is 0 Å². The zero-order chi connectivity index (χ0) is 15.0. The summed E-state index contributed by atoms with van der Waals surface area (Å²) < 4.78 is 0. The normalized spacial score (nSPS) is 11.1. The van der Waals surface area contributed by atoms with E-state index < -0.39 is 0 Å². The molecule has 3 aromatic rings. The van der Waals surface area contributed by atoms with Crippen molar-refractivity contribution in [2.75, 3.05) is 5.32 Å². The molecule has 1 N–H and O–H groups in total. The average Bonchev–Trinajstić information content (AvgIpc) is 2.61. The molecule has 0 aliphatic heterocycles. The first-order valence-electron chi connectivity index (χ1n) is 7.35. The lowest BCUT2D eigenvalue weighted by Crippen LogP contribution is -2.08. The van der Waals surface area contributed by atoms with Crippen LogP contribution in [0.1, 0.15) is 17.2 Å². The van der Waals surface area contributed by atoms with E-state index in [9.17, 15) is 0 Å². The highest BCUT2D eigenvalue weighted by Gasteiger charge is 2.07. The van der Waals surface area contributed by atoms with E-state index in [0.29, 0.717) is 0 Å². The summed E-state index contributed by atoms with van der Waals surface area (Å²) in [5.74, 6) is 6.59. The Bertz CT molecular complexity index is 753. The van der Waals surface area contributed by atoms with Gasteiger partial charge in [0.15, 0.2) is 0 Å². The van der Waals surface area contributed by atoms with E-state index in [4.69, 9.17) is 0 Å². The summed E-state index contributed by atoms with van der Waals surface area (Å²) in [6.07, 6.45) is 0. The van der Waals surface area contributed by atoms with Crippen LogP contribution in [0.2, 0.25) is 0 Å². The van der Waals surface area contributed by atoms with Crippen LogP contribution in [0.15, 0.2) is 91.0 Å². The molecule has 1 atom stereocenters. The number of hydrogen-bond donors (Lipinski definition) is 1. The number of anilines is 1. The van der Waals surface area contributed by atoms with Crippen LogP contribution in [0, 0.1) is 11.8 Å². The van der Waals surface area contributed by atoms with Gasteiger partial charge in [-0.25, -0.2) is 0 Å². The molecule has 0 radical (unpaired) electrons. The first kappa shape index (κ1) is 14.0. The fourth-order valence-electron chi connectivity index (χ4n) is 2.23. The van der Waals surface area contributed by atoms with Gasteiger partial charge in [0.25, 0.3) is 0 Å². The molecule has 0 heterocycles. The van der Waals surface area contributed by atoms with Crippen LogP contribution in [-0.2, 0) is 0 Å². The monoisotopic (exact) mass is 283 g/mol. The maximum absolute atomic E-state index is 3.49. The van der Waals surface area contributed by atoms with Crippen LogP contribution in [0.25, 0.3) is 0 Å². The zero-order valence-electron chi connectivity index (χ0n) is 12.2. The van der Waals surface area contributed by atoms with Crippen molar-refractivity contribution in [1.82, 2.24) is 0 Å². The van der Waals surface area contributed by atoms with Crippen LogP contribution >= 0.6 is 0 Å². The Morgan fingerprint density at radius 2 is 1.18 bits per heavy atom. The summed E-state index contributed by atoms with van der Waals surface area (Å²) in [6, 6.07) is 30.5. The Hall–Kier alpha value is -2.98. The molecular weight excluding hydrogens is 266 g/mol. The number of nitrogens with one attached hydrogen (secondary N) is 1. The predicted octanol–water partition coefficient (Wildman–Crippen LogP) is 4.89. The fourth-order valence-corrected chi connectivity index (χ4v) is 2.23. The highest BCUT2D eigenvalue weighted by atomic mass is 14.9. The molecule has 106 valence electrons. The van der Waals surface area contributed by atoms with Crippen molar-refractivity contribution in [3.63, 3.8) is 0 Å². The third kappa shape index (κ3) is 3.77. The second kappa shape index (κ2) is 7.15. The molecule has 3 aromatic carbocycles. The molecule has 22 heavy (non-hydrogen) atoms. The Balaban J connectivity index is 1.89. The van der Waals surface area contributed by atoms with Gasteiger partial charge in [-0.3, -0.25) is 0 Å². The van der Waals surface area contributed by atoms with Crippen LogP contribution in [0.4, 0.5) is 5.69 Å². The Morgan fingerprint density at radius 3 is 1.82 bits per heavy atom. The van der Waals surface area contributed by atoms with E-state index in [-0.39, 0.29) is 6.04 Å². The van der Waals surface area contributed by atoms with Gasteiger partial charge in [-0.15, -0.1) is 0 Å². The molecule has 0 saturated carbocycles. The van der Waals surface area contributed by atoms with Gasteiger partial charge in [-0.05, 0) is 29.8 Å². The van der Waals surface area contributed by atoms with Gasteiger partial charge in [0.1, 0.15) is 6.04 Å². The lowest BCUT2D eigenvalue weighted by Gasteiger charge is -2.15. The number of hydrogen-bond acceptors (Lipinski definition) is 1. The van der Waals surface area contributed by atoms with Crippen LogP contribution in [0.5, 0.6) is 0 Å². The van der Waals surface area contributed by atoms with E-state index >= 15 is 0 Å². The SMILES string of the molecule is C(#C[C@@H](Nc1ccccc1)c1ccccc1)c1ccccc1. The van der Waals surface area contributed by atoms with Gasteiger partial charge in [0, 0.05) is 11.3 Å². The van der Waals surface area contributed by atoms with Gasteiger partial charge in [0.2, 0.25) is 0 Å². The highest BCUT2D eigenvalue weighted by molar-refractivity contribution is 5.49. The van der Waals surface area contributed by atoms with Gasteiger partial charge in [0.05, 0.1) is 0 Å². The number of rotatable bonds is 3. The smallest absolute Gasteiger partial charge is 0.114 e. The van der Waals surface area contributed by atoms with Crippen molar-refractivity contribution in [2.45, 2.75) is 6.04 Å². The van der Waals surface area contributed by atoms with Crippen molar-refractivity contribution in [1.29, 1.82) is 0 Å². The lowest BCUT2D eigenvalue weighted by atomic mass is 10.1. The molecule has 0 amide bonds. The molecule has 1 heteroatoms. The highest BCUT2D eigenvalue weighted by Crippen LogP contribution is 2.18. The van der Waals surface area contributed by atoms with Crippen LogP contribution in [-0.4, -0.2) is 0 Å². The Kier molecular flexibility index (Phi) is 4.54. The number of para-hydroxylation sites is 1. The third-order valence-electron chi connectivity index (χ3n) is 3.35. The van der Waals surface area contributed by atoms with Crippen molar-refractivity contribution in [3.8, 4) is 11.8 Å². The number of benzene rings is 3. The van der Waals surface area contributed by atoms with E-state index in [1.807, 2.05) is 66.7 Å². The second-order valence-electron chi connectivity index (χ2n) is 4.99. The molecule has 0 unspecified atom stereocenters. The van der Waals surface area contributed by atoms with E-state index in [1.54, 1.807) is 0 Å². The van der Waals surface area contributed by atoms with Crippen LogP contribution < -0.4 is 5.32 Å². The molecule has 0 aliphatic rings. The first-order valence-corrected chi connectivity index (χ1v) is 7.35. The molecule has 3 rings (SSSR count). The molecule has 0 saturated heterocycles. The lowest BCUT2D eigenvalue weighted by molar-refractivity contribution is 1.02. The van der Waals surface area contributed by atoms with Gasteiger partial charge in [-0.1, -0.05) is 78.6 Å². The summed E-state index contributed by atoms with van der Waals surface area (Å²) in [4.78, 5) is 0. The van der Waals surface area contributed by atoms with Gasteiger partial charge < -0.3 is 5.32 Å². The summed E-state index contributed by atoms with van der Waals surface area (Å²) in [5, 5.41) is 3.49. The zero-order valence-corrected chi connectivity index (χ0v) is 12.2. The molecule has 0 bridgehead atoms. The van der Waals surface area contributed by atoms with Crippen molar-refractivity contribution < 1.29 is 0 Å². The Labute approximate surface area is 131 Å². The molecule has 0 aliphatic carbocycles. The first-order chi connectivity index (χ1) is 10.9. The molecule has 0 aromatic heterocycles. The van der Waals surface area contributed by atoms with E-state index in [1.165, 1.54) is 0 Å². The molecular formula is C21H17N. The minimum absolute atomic E-state index is 0.0381. The molecule has 0 spiro atoms. The summed E-state index contributed by atoms with van der Waals surface area (Å²) in [7, 11) is 0. The minimum atomic E-state index is -0.0381. The van der Waals surface area contributed by atoms with Gasteiger partial charge in [-0.2, -0.15) is 0 Å². The maximum Gasteiger partial charge on any atom is 0.114 e. The minimum Gasteiger partial charge on any atom is -0.368 e. The summed E-state index contributed by atoms with van der Waals surface area (Å²) >= 11 is 0. The molecule has 0 fully saturated rings. The average molecular weight is 283 g/mol. The summed E-state index contributed by atoms with van der Waals surface area (Å²) in [5.41, 5.74) is 3.26. The maximum atomic E-state index is 3.49.